The number of hydrogen-bond donors (Lipinski definition) is 3. The summed E-state index contributed by atoms with van der Waals surface area (Å²) in [6, 6.07) is 0. The molecule has 0 heterocycles. The Balaban J connectivity index is 3.98. The topological polar surface area (TPSA) is 103 Å². The predicted molar refractivity (Wildman–Crippen MR) is 61.8 cm³/mol. The van der Waals surface area contributed by atoms with E-state index in [-0.39, 0.29) is 13.0 Å². The van der Waals surface area contributed by atoms with E-state index in [1.807, 2.05) is 5.43 Å². The highest BCUT2D eigenvalue weighted by Gasteiger charge is 2.18. The Hall–Kier alpha value is -1.28. The number of amides is 2. The third kappa shape index (κ3) is 8.52. The van der Waals surface area contributed by atoms with E-state index < -0.39 is 23.7 Å². The van der Waals surface area contributed by atoms with Crippen molar-refractivity contribution in [3.05, 3.63) is 0 Å². The number of rotatable bonds is 5. The van der Waals surface area contributed by atoms with Crippen LogP contribution in [0.4, 0.5) is 4.79 Å². The van der Waals surface area contributed by atoms with Gasteiger partial charge in [0.2, 0.25) is 5.91 Å². The Kier molecular flexibility index (Phi) is 6.59. The Bertz CT molecular complexity index is 267. The number of hydrazine groups is 1. The largest absolute Gasteiger partial charge is 0.444 e. The molecule has 2 radical (unpaired) electrons. The van der Waals surface area contributed by atoms with E-state index in [0.717, 1.165) is 0 Å². The summed E-state index contributed by atoms with van der Waals surface area (Å²) in [5.41, 5.74) is 1.35. The molecule has 0 rings (SSSR count). The fraction of sp³-hybridized carbons (Fsp3) is 0.778. The first kappa shape index (κ1) is 15.7. The van der Waals surface area contributed by atoms with E-state index in [9.17, 15) is 9.59 Å². The lowest BCUT2D eigenvalue weighted by atomic mass is 10.2. The second-order valence-corrected chi connectivity index (χ2v) is 4.41. The standard InChI is InChI=1S/C9H18BN3O4/c1-9(2,3)16-8(15)12-5-6(17-10)4-7(14)13-11/h6H,4-5,11H2,1-3H3,(H,12,15)(H,13,14). The summed E-state index contributed by atoms with van der Waals surface area (Å²) in [5.74, 6) is 4.47. The summed E-state index contributed by atoms with van der Waals surface area (Å²) in [7, 11) is 4.98. The zero-order valence-corrected chi connectivity index (χ0v) is 10.3. The molecule has 0 aromatic carbocycles. The van der Waals surface area contributed by atoms with Gasteiger partial charge in [-0.25, -0.2) is 10.6 Å². The molecule has 0 saturated carbocycles. The molecule has 0 aromatic heterocycles. The van der Waals surface area contributed by atoms with Crippen molar-refractivity contribution in [2.75, 3.05) is 6.54 Å². The van der Waals surface area contributed by atoms with Crippen molar-refractivity contribution in [2.45, 2.75) is 38.9 Å². The highest BCUT2D eigenvalue weighted by molar-refractivity contribution is 5.98. The average molecular weight is 243 g/mol. The minimum absolute atomic E-state index is 0.0528. The fourth-order valence-electron chi connectivity index (χ4n) is 0.945. The van der Waals surface area contributed by atoms with Crippen LogP contribution in [0.2, 0.25) is 0 Å². The highest BCUT2D eigenvalue weighted by Crippen LogP contribution is 2.06. The SMILES string of the molecule is [B]OC(CNC(=O)OC(C)(C)C)CC(=O)NN. The molecule has 8 heteroatoms. The van der Waals surface area contributed by atoms with Crippen molar-refractivity contribution >= 4 is 20.0 Å². The molecule has 2 amide bonds. The third-order valence-corrected chi connectivity index (χ3v) is 1.64. The fourth-order valence-corrected chi connectivity index (χ4v) is 0.945. The Labute approximate surface area is 102 Å². The minimum atomic E-state index is -0.661. The maximum absolute atomic E-state index is 11.3. The van der Waals surface area contributed by atoms with Crippen LogP contribution in [-0.2, 0) is 14.2 Å². The quantitative estimate of drug-likeness (QED) is 0.258. The van der Waals surface area contributed by atoms with E-state index in [1.165, 1.54) is 0 Å². The van der Waals surface area contributed by atoms with E-state index in [4.69, 9.17) is 18.6 Å². The zero-order valence-electron chi connectivity index (χ0n) is 10.3. The van der Waals surface area contributed by atoms with Crippen LogP contribution < -0.4 is 16.6 Å². The summed E-state index contributed by atoms with van der Waals surface area (Å²) in [6.07, 6.45) is -1.32. The van der Waals surface area contributed by atoms with Gasteiger partial charge in [-0.05, 0) is 20.8 Å². The molecule has 0 bridgehead atoms. The van der Waals surface area contributed by atoms with Gasteiger partial charge in [0.15, 0.2) is 0 Å². The molecule has 0 aliphatic heterocycles. The monoisotopic (exact) mass is 243 g/mol. The van der Waals surface area contributed by atoms with Gasteiger partial charge in [0.1, 0.15) is 5.60 Å². The summed E-state index contributed by atoms with van der Waals surface area (Å²) in [6.45, 7) is 5.28. The second-order valence-electron chi connectivity index (χ2n) is 4.41. The number of hydrogen-bond acceptors (Lipinski definition) is 5. The van der Waals surface area contributed by atoms with Gasteiger partial charge < -0.3 is 14.7 Å². The molecule has 7 nitrogen and oxygen atoms in total. The number of alkyl carbamates (subject to hydrolysis) is 1. The van der Waals surface area contributed by atoms with Gasteiger partial charge in [0, 0.05) is 6.54 Å². The zero-order chi connectivity index (χ0) is 13.5. The number of nitrogens with one attached hydrogen (secondary N) is 2. The summed E-state index contributed by atoms with van der Waals surface area (Å²) in [4.78, 5) is 22.2. The molecule has 1 unspecified atom stereocenters. The van der Waals surface area contributed by atoms with Gasteiger partial charge in [-0.2, -0.15) is 0 Å². The normalized spacial score (nSPS) is 12.7. The van der Waals surface area contributed by atoms with E-state index in [2.05, 4.69) is 9.97 Å². The van der Waals surface area contributed by atoms with E-state index >= 15 is 0 Å². The van der Waals surface area contributed by atoms with Crippen LogP contribution in [0.25, 0.3) is 0 Å². The molecule has 96 valence electrons. The van der Waals surface area contributed by atoms with Crippen LogP contribution in [0.15, 0.2) is 0 Å². The summed E-state index contributed by atoms with van der Waals surface area (Å²) >= 11 is 0. The number of nitrogens with two attached hydrogens (primary N) is 1. The van der Waals surface area contributed by atoms with Crippen LogP contribution in [0.1, 0.15) is 27.2 Å². The molecule has 0 aliphatic rings. The molecule has 4 N–H and O–H groups in total. The van der Waals surface area contributed by atoms with Gasteiger partial charge in [-0.3, -0.25) is 10.2 Å². The van der Waals surface area contributed by atoms with Crippen LogP contribution in [-0.4, -0.2) is 38.3 Å². The van der Waals surface area contributed by atoms with Crippen molar-refractivity contribution in [3.63, 3.8) is 0 Å². The van der Waals surface area contributed by atoms with Crippen LogP contribution in [0.3, 0.4) is 0 Å². The number of carbonyl (C=O) groups excluding carboxylic acids is 2. The lowest BCUT2D eigenvalue weighted by Gasteiger charge is -2.21. The first-order chi connectivity index (χ1) is 7.78. The van der Waals surface area contributed by atoms with Crippen LogP contribution >= 0.6 is 0 Å². The maximum Gasteiger partial charge on any atom is 0.407 e. The van der Waals surface area contributed by atoms with E-state index in [1.54, 1.807) is 20.8 Å². The van der Waals surface area contributed by atoms with Gasteiger partial charge in [-0.15, -0.1) is 0 Å². The Morgan fingerprint density at radius 2 is 2.00 bits per heavy atom. The Morgan fingerprint density at radius 1 is 1.41 bits per heavy atom. The van der Waals surface area contributed by atoms with Crippen molar-refractivity contribution < 1.29 is 19.0 Å². The highest BCUT2D eigenvalue weighted by atomic mass is 16.6. The Morgan fingerprint density at radius 3 is 2.41 bits per heavy atom. The first-order valence-electron chi connectivity index (χ1n) is 5.10. The van der Waals surface area contributed by atoms with Crippen molar-refractivity contribution in [2.24, 2.45) is 5.84 Å². The molecule has 1 atom stereocenters. The van der Waals surface area contributed by atoms with Crippen molar-refractivity contribution in [3.8, 4) is 0 Å². The first-order valence-corrected chi connectivity index (χ1v) is 5.10. The average Bonchev–Trinajstić information content (AvgIpc) is 2.21. The van der Waals surface area contributed by atoms with Gasteiger partial charge in [-0.1, -0.05) is 0 Å². The molecule has 17 heavy (non-hydrogen) atoms. The molecular weight excluding hydrogens is 225 g/mol. The van der Waals surface area contributed by atoms with Crippen molar-refractivity contribution in [1.29, 1.82) is 0 Å². The summed E-state index contributed by atoms with van der Waals surface area (Å²) in [5, 5.41) is 2.43. The molecule has 0 aliphatic carbocycles. The van der Waals surface area contributed by atoms with Crippen LogP contribution in [0.5, 0.6) is 0 Å². The lowest BCUT2D eigenvalue weighted by molar-refractivity contribution is -0.122. The van der Waals surface area contributed by atoms with Gasteiger partial charge in [0.05, 0.1) is 12.5 Å². The lowest BCUT2D eigenvalue weighted by Crippen LogP contribution is -2.40. The van der Waals surface area contributed by atoms with Gasteiger partial charge in [0.25, 0.3) is 8.05 Å². The second kappa shape index (κ2) is 7.13. The van der Waals surface area contributed by atoms with E-state index in [0.29, 0.717) is 0 Å². The number of ether oxygens (including phenoxy) is 1. The molecule has 0 spiro atoms. The maximum atomic E-state index is 11.3. The predicted octanol–water partition coefficient (Wildman–Crippen LogP) is -0.640. The van der Waals surface area contributed by atoms with Crippen LogP contribution in [0, 0.1) is 0 Å². The van der Waals surface area contributed by atoms with Crippen molar-refractivity contribution in [1.82, 2.24) is 10.7 Å². The molecule has 0 fully saturated rings. The minimum Gasteiger partial charge on any atom is -0.444 e. The molecule has 0 saturated heterocycles. The smallest absolute Gasteiger partial charge is 0.407 e. The summed E-state index contributed by atoms with van der Waals surface area (Å²) < 4.78 is 9.51. The third-order valence-electron chi connectivity index (χ3n) is 1.64. The molecular formula is C9H18BN3O4. The van der Waals surface area contributed by atoms with Gasteiger partial charge >= 0.3 is 6.09 Å². The molecule has 0 aromatic rings. The number of carbonyl (C=O) groups is 2.